The maximum absolute atomic E-state index is 6.29. The van der Waals surface area contributed by atoms with Gasteiger partial charge in [-0.1, -0.05) is 32.0 Å². The van der Waals surface area contributed by atoms with Gasteiger partial charge >= 0.3 is 0 Å². The van der Waals surface area contributed by atoms with Crippen molar-refractivity contribution in [2.75, 3.05) is 0 Å². The van der Waals surface area contributed by atoms with Crippen molar-refractivity contribution < 1.29 is 4.74 Å². The predicted molar refractivity (Wildman–Crippen MR) is 94.2 cm³/mol. The summed E-state index contributed by atoms with van der Waals surface area (Å²) >= 11 is 5.17. The molecule has 1 aromatic heterocycles. The van der Waals surface area contributed by atoms with E-state index in [0.29, 0.717) is 5.92 Å². The Kier molecular flexibility index (Phi) is 5.85. The molecule has 0 saturated heterocycles. The van der Waals surface area contributed by atoms with Crippen LogP contribution >= 0.6 is 27.3 Å². The minimum absolute atomic E-state index is 0.0689. The molecule has 1 aromatic carbocycles. The fraction of sp³-hybridized carbons (Fsp3) is 0.412. The number of hydrogen-bond donors (Lipinski definition) is 1. The van der Waals surface area contributed by atoms with Crippen molar-refractivity contribution in [3.63, 3.8) is 0 Å². The third-order valence-electron chi connectivity index (χ3n) is 3.66. The molecule has 0 amide bonds. The first-order chi connectivity index (χ1) is 10.0. The molecule has 2 nitrogen and oxygen atoms in total. The first-order valence-electron chi connectivity index (χ1n) is 7.28. The molecule has 0 aliphatic heterocycles. The number of ether oxygens (including phenoxy) is 1. The maximum atomic E-state index is 6.29. The summed E-state index contributed by atoms with van der Waals surface area (Å²) in [5.74, 6) is 1.42. The molecule has 0 aliphatic carbocycles. The fourth-order valence-corrected chi connectivity index (χ4v) is 3.84. The van der Waals surface area contributed by atoms with Crippen molar-refractivity contribution >= 4 is 27.3 Å². The summed E-state index contributed by atoms with van der Waals surface area (Å²) in [6.07, 6.45) is 0.972. The normalized spacial score (nSPS) is 15.5. The second-order valence-corrected chi connectivity index (χ2v) is 7.27. The van der Waals surface area contributed by atoms with Gasteiger partial charge in [-0.15, -0.1) is 11.3 Å². The second-order valence-electron chi connectivity index (χ2n) is 5.41. The van der Waals surface area contributed by atoms with Crippen LogP contribution in [0, 0.1) is 0 Å². The zero-order valence-electron chi connectivity index (χ0n) is 12.7. The minimum atomic E-state index is -0.119. The third kappa shape index (κ3) is 4.09. The van der Waals surface area contributed by atoms with E-state index in [4.69, 9.17) is 10.5 Å². The van der Waals surface area contributed by atoms with Crippen LogP contribution in [0.3, 0.4) is 0 Å². The molecular formula is C17H22BrNOS. The number of halogens is 1. The summed E-state index contributed by atoms with van der Waals surface area (Å²) in [7, 11) is 0. The van der Waals surface area contributed by atoms with Gasteiger partial charge in [-0.25, -0.2) is 0 Å². The Hall–Kier alpha value is -0.840. The Labute approximate surface area is 139 Å². The summed E-state index contributed by atoms with van der Waals surface area (Å²) in [5, 5.41) is 2.06. The molecule has 21 heavy (non-hydrogen) atoms. The zero-order valence-corrected chi connectivity index (χ0v) is 15.1. The highest BCUT2D eigenvalue weighted by Crippen LogP contribution is 2.35. The predicted octanol–water partition coefficient (Wildman–Crippen LogP) is 5.49. The SMILES string of the molecule is CCC(C)c1ccccc1OC(c1cc(Br)cs1)C(C)N. The lowest BCUT2D eigenvalue weighted by Gasteiger charge is -2.24. The van der Waals surface area contributed by atoms with E-state index >= 15 is 0 Å². The van der Waals surface area contributed by atoms with E-state index < -0.39 is 0 Å². The van der Waals surface area contributed by atoms with Gasteiger partial charge in [0.15, 0.2) is 0 Å². The lowest BCUT2D eigenvalue weighted by atomic mass is 9.97. The topological polar surface area (TPSA) is 35.2 Å². The Morgan fingerprint density at radius 3 is 2.57 bits per heavy atom. The van der Waals surface area contributed by atoms with Crippen LogP contribution in [-0.4, -0.2) is 6.04 Å². The largest absolute Gasteiger partial charge is 0.483 e. The van der Waals surface area contributed by atoms with Gasteiger partial charge in [-0.2, -0.15) is 0 Å². The molecule has 0 bridgehead atoms. The smallest absolute Gasteiger partial charge is 0.148 e. The molecule has 114 valence electrons. The van der Waals surface area contributed by atoms with E-state index in [0.717, 1.165) is 21.5 Å². The van der Waals surface area contributed by atoms with E-state index in [2.05, 4.69) is 53.4 Å². The number of thiophene rings is 1. The monoisotopic (exact) mass is 367 g/mol. The van der Waals surface area contributed by atoms with E-state index in [1.165, 1.54) is 5.56 Å². The summed E-state index contributed by atoms with van der Waals surface area (Å²) in [6, 6.07) is 10.3. The Bertz CT molecular complexity index is 582. The zero-order chi connectivity index (χ0) is 15.4. The fourth-order valence-electron chi connectivity index (χ4n) is 2.25. The lowest BCUT2D eigenvalue weighted by Crippen LogP contribution is -2.28. The van der Waals surface area contributed by atoms with Crippen molar-refractivity contribution in [1.82, 2.24) is 0 Å². The van der Waals surface area contributed by atoms with E-state index in [1.54, 1.807) is 11.3 Å². The van der Waals surface area contributed by atoms with Crippen LogP contribution in [-0.2, 0) is 0 Å². The van der Waals surface area contributed by atoms with Gasteiger partial charge in [0.25, 0.3) is 0 Å². The number of rotatable bonds is 6. The quantitative estimate of drug-likeness (QED) is 0.732. The molecule has 2 N–H and O–H groups in total. The van der Waals surface area contributed by atoms with Crippen molar-refractivity contribution in [2.24, 2.45) is 5.73 Å². The van der Waals surface area contributed by atoms with Gasteiger partial charge in [-0.3, -0.25) is 0 Å². The molecule has 4 heteroatoms. The lowest BCUT2D eigenvalue weighted by molar-refractivity contribution is 0.181. The van der Waals surface area contributed by atoms with Gasteiger partial charge in [0.05, 0.1) is 0 Å². The summed E-state index contributed by atoms with van der Waals surface area (Å²) in [5.41, 5.74) is 7.40. The molecule has 1 heterocycles. The molecule has 0 spiro atoms. The van der Waals surface area contributed by atoms with Crippen LogP contribution in [0.2, 0.25) is 0 Å². The standard InChI is InChI=1S/C17H22BrNOS/c1-4-11(2)14-7-5-6-8-15(14)20-17(12(3)19)16-9-13(18)10-21-16/h5-12,17H,4,19H2,1-3H3. The van der Waals surface area contributed by atoms with Gasteiger partial charge in [0, 0.05) is 20.8 Å². The van der Waals surface area contributed by atoms with Crippen LogP contribution in [0.1, 0.15) is 49.7 Å². The Balaban J connectivity index is 2.30. The molecule has 2 aromatic rings. The summed E-state index contributed by atoms with van der Waals surface area (Å²) in [6.45, 7) is 6.41. The van der Waals surface area contributed by atoms with Gasteiger partial charge in [0.1, 0.15) is 11.9 Å². The highest BCUT2D eigenvalue weighted by molar-refractivity contribution is 9.10. The van der Waals surface area contributed by atoms with Crippen molar-refractivity contribution in [1.29, 1.82) is 0 Å². The number of benzene rings is 1. The first kappa shape index (κ1) is 16.5. The van der Waals surface area contributed by atoms with Crippen LogP contribution in [0.25, 0.3) is 0 Å². The molecule has 3 atom stereocenters. The van der Waals surface area contributed by atoms with E-state index in [-0.39, 0.29) is 12.1 Å². The summed E-state index contributed by atoms with van der Waals surface area (Å²) < 4.78 is 7.37. The highest BCUT2D eigenvalue weighted by atomic mass is 79.9. The van der Waals surface area contributed by atoms with E-state index in [9.17, 15) is 0 Å². The van der Waals surface area contributed by atoms with Gasteiger partial charge in [0.2, 0.25) is 0 Å². The van der Waals surface area contributed by atoms with Crippen molar-refractivity contribution in [3.05, 3.63) is 50.6 Å². The molecule has 3 unspecified atom stereocenters. The van der Waals surface area contributed by atoms with Crippen LogP contribution in [0.15, 0.2) is 40.2 Å². The Morgan fingerprint density at radius 2 is 2.00 bits per heavy atom. The minimum Gasteiger partial charge on any atom is -0.483 e. The van der Waals surface area contributed by atoms with Crippen LogP contribution in [0.5, 0.6) is 5.75 Å². The summed E-state index contributed by atoms with van der Waals surface area (Å²) in [4.78, 5) is 1.15. The van der Waals surface area contributed by atoms with Gasteiger partial charge < -0.3 is 10.5 Å². The first-order valence-corrected chi connectivity index (χ1v) is 8.95. The maximum Gasteiger partial charge on any atom is 0.148 e. The molecule has 0 fully saturated rings. The number of hydrogen-bond acceptors (Lipinski definition) is 3. The average Bonchev–Trinajstić information content (AvgIpc) is 2.90. The van der Waals surface area contributed by atoms with Gasteiger partial charge in [-0.05, 0) is 52.9 Å². The second kappa shape index (κ2) is 7.43. The van der Waals surface area contributed by atoms with Crippen LogP contribution < -0.4 is 10.5 Å². The molecular weight excluding hydrogens is 346 g/mol. The van der Waals surface area contributed by atoms with Crippen LogP contribution in [0.4, 0.5) is 0 Å². The van der Waals surface area contributed by atoms with E-state index in [1.807, 2.05) is 19.1 Å². The molecule has 0 radical (unpaired) electrons. The average molecular weight is 368 g/mol. The third-order valence-corrected chi connectivity index (χ3v) is 5.42. The Morgan fingerprint density at radius 1 is 1.29 bits per heavy atom. The van der Waals surface area contributed by atoms with Crippen molar-refractivity contribution in [2.45, 2.75) is 45.3 Å². The molecule has 2 rings (SSSR count). The highest BCUT2D eigenvalue weighted by Gasteiger charge is 2.22. The van der Waals surface area contributed by atoms with Crippen molar-refractivity contribution in [3.8, 4) is 5.75 Å². The molecule has 0 saturated carbocycles. The number of nitrogens with two attached hydrogens (primary N) is 1. The molecule has 0 aliphatic rings. The number of para-hydroxylation sites is 1.